The summed E-state index contributed by atoms with van der Waals surface area (Å²) < 4.78 is 24.0. The number of hydrogen-bond donors (Lipinski definition) is 0. The second-order valence-corrected chi connectivity index (χ2v) is 10.6. The van der Waals surface area contributed by atoms with Crippen LogP contribution < -0.4 is 0 Å². The summed E-state index contributed by atoms with van der Waals surface area (Å²) in [4.78, 5) is 12.9. The summed E-state index contributed by atoms with van der Waals surface area (Å²) in [6, 6.07) is 10.7. The molecule has 160 valence electrons. The molecule has 4 aromatic rings. The van der Waals surface area contributed by atoms with Gasteiger partial charge in [-0.15, -0.1) is 0 Å². The highest BCUT2D eigenvalue weighted by atomic mass is 127. The van der Waals surface area contributed by atoms with Gasteiger partial charge in [-0.25, -0.2) is 4.39 Å². The van der Waals surface area contributed by atoms with Gasteiger partial charge in [-0.2, -0.15) is 9.78 Å². The lowest BCUT2D eigenvalue weighted by molar-refractivity contribution is -0.0530. The van der Waals surface area contributed by atoms with Crippen molar-refractivity contribution in [1.29, 1.82) is 0 Å². The second-order valence-electron chi connectivity index (χ2n) is 9.57. The van der Waals surface area contributed by atoms with E-state index in [0.29, 0.717) is 13.2 Å². The van der Waals surface area contributed by atoms with Crippen molar-refractivity contribution in [2.45, 2.75) is 33.1 Å². The minimum atomic E-state index is -0.539. The Morgan fingerprint density at radius 1 is 1.16 bits per heavy atom. The summed E-state index contributed by atoms with van der Waals surface area (Å²) in [7, 11) is 0. The minimum absolute atomic E-state index is 0.0468. The molecule has 31 heavy (non-hydrogen) atoms. The predicted molar refractivity (Wildman–Crippen MR) is 127 cm³/mol. The first-order valence-electron chi connectivity index (χ1n) is 10.2. The molecule has 5 rings (SSSR count). The first-order chi connectivity index (χ1) is 14.6. The summed E-state index contributed by atoms with van der Waals surface area (Å²) in [5.41, 5.74) is 3.18. The number of halogens is 2. The second kappa shape index (κ2) is 6.87. The van der Waals surface area contributed by atoms with E-state index in [9.17, 15) is 9.18 Å². The third kappa shape index (κ3) is 3.12. The van der Waals surface area contributed by atoms with E-state index < -0.39 is 5.41 Å². The lowest BCUT2D eigenvalue weighted by atomic mass is 9.84. The van der Waals surface area contributed by atoms with Crippen LogP contribution in [0.1, 0.15) is 38.2 Å². The number of hydrogen-bond acceptors (Lipinski definition) is 3. The van der Waals surface area contributed by atoms with Gasteiger partial charge in [0.25, 0.3) is 5.91 Å². The van der Waals surface area contributed by atoms with Crippen molar-refractivity contribution in [2.24, 2.45) is 5.41 Å². The number of rotatable bonds is 2. The van der Waals surface area contributed by atoms with Crippen LogP contribution in [0.15, 0.2) is 42.6 Å². The summed E-state index contributed by atoms with van der Waals surface area (Å²) in [6.07, 6.45) is 1.74. The quantitative estimate of drug-likeness (QED) is 0.312. The van der Waals surface area contributed by atoms with Crippen LogP contribution in [0.4, 0.5) is 4.39 Å². The molecule has 2 aromatic carbocycles. The molecule has 0 bridgehead atoms. The first-order valence-corrected chi connectivity index (χ1v) is 11.3. The number of benzene rings is 2. The molecule has 2 aromatic heterocycles. The van der Waals surface area contributed by atoms with Gasteiger partial charge in [0.2, 0.25) is 0 Å². The number of fused-ring (bicyclic) bond motifs is 2. The van der Waals surface area contributed by atoms with Gasteiger partial charge in [0, 0.05) is 31.1 Å². The monoisotopic (exact) mass is 531 g/mol. The maximum absolute atomic E-state index is 13.6. The molecular formula is C24H23FIN3O2. The van der Waals surface area contributed by atoms with Crippen molar-refractivity contribution in [1.82, 2.24) is 14.3 Å². The molecule has 5 nitrogen and oxygen atoms in total. The molecule has 7 heteroatoms. The summed E-state index contributed by atoms with van der Waals surface area (Å²) in [5, 5.41) is 6.33. The van der Waals surface area contributed by atoms with Gasteiger partial charge < -0.3 is 9.30 Å². The standard InChI is InChI=1S/C24H23FIN3O2/c1-23(2,3)22(30)29-18-10-17-19(9-14(18)11-27-29)28(16-7-5-15(25)6-8-16)21(20(17)26)24(4)12-31-13-24/h5-11H,12-13H2,1-4H3. The Morgan fingerprint density at radius 2 is 1.84 bits per heavy atom. The lowest BCUT2D eigenvalue weighted by Crippen LogP contribution is -2.45. The molecule has 0 amide bonds. The molecule has 0 N–H and O–H groups in total. The highest BCUT2D eigenvalue weighted by Crippen LogP contribution is 2.42. The Kier molecular flexibility index (Phi) is 4.57. The Bertz CT molecular complexity index is 1340. The molecule has 0 atom stereocenters. The molecular weight excluding hydrogens is 508 g/mol. The van der Waals surface area contributed by atoms with E-state index in [1.54, 1.807) is 18.3 Å². The summed E-state index contributed by atoms with van der Waals surface area (Å²) in [5.74, 6) is -0.312. The molecule has 1 saturated heterocycles. The zero-order valence-electron chi connectivity index (χ0n) is 17.9. The molecule has 1 aliphatic rings. The highest BCUT2D eigenvalue weighted by molar-refractivity contribution is 14.1. The van der Waals surface area contributed by atoms with Crippen LogP contribution in [-0.2, 0) is 10.2 Å². The van der Waals surface area contributed by atoms with Gasteiger partial charge in [-0.3, -0.25) is 4.79 Å². The zero-order valence-corrected chi connectivity index (χ0v) is 20.0. The van der Waals surface area contributed by atoms with Gasteiger partial charge in [0.05, 0.1) is 35.9 Å². The minimum Gasteiger partial charge on any atom is -0.379 e. The number of aromatic nitrogens is 3. The van der Waals surface area contributed by atoms with E-state index in [1.165, 1.54) is 16.8 Å². The Labute approximate surface area is 193 Å². The molecule has 0 unspecified atom stereocenters. The fraction of sp³-hybridized carbons (Fsp3) is 0.333. The van der Waals surface area contributed by atoms with Crippen LogP contribution in [0.5, 0.6) is 0 Å². The van der Waals surface area contributed by atoms with Crippen molar-refractivity contribution in [3.05, 3.63) is 57.7 Å². The van der Waals surface area contributed by atoms with Crippen molar-refractivity contribution in [3.63, 3.8) is 0 Å². The van der Waals surface area contributed by atoms with Gasteiger partial charge >= 0.3 is 0 Å². The maximum atomic E-state index is 13.6. The zero-order chi connectivity index (χ0) is 22.1. The van der Waals surface area contributed by atoms with Crippen molar-refractivity contribution < 1.29 is 13.9 Å². The van der Waals surface area contributed by atoms with Crippen molar-refractivity contribution >= 4 is 50.3 Å². The van der Waals surface area contributed by atoms with Crippen LogP contribution in [0.2, 0.25) is 0 Å². The highest BCUT2D eigenvalue weighted by Gasteiger charge is 2.41. The molecule has 1 aliphatic heterocycles. The van der Waals surface area contributed by atoms with Gasteiger partial charge in [-0.05, 0) is 65.9 Å². The average molecular weight is 531 g/mol. The van der Waals surface area contributed by atoms with E-state index in [4.69, 9.17) is 4.74 Å². The molecule has 0 aliphatic carbocycles. The SMILES string of the molecule is CC(C)(C)C(=O)n1ncc2cc3c(cc21)c(I)c(C1(C)COC1)n3-c1ccc(F)cc1. The predicted octanol–water partition coefficient (Wildman–Crippen LogP) is 5.70. The Morgan fingerprint density at radius 3 is 2.42 bits per heavy atom. The third-order valence-electron chi connectivity index (χ3n) is 5.93. The van der Waals surface area contributed by atoms with Gasteiger partial charge in [-0.1, -0.05) is 20.8 Å². The maximum Gasteiger partial charge on any atom is 0.252 e. The van der Waals surface area contributed by atoms with Crippen molar-refractivity contribution in [3.8, 4) is 5.69 Å². The van der Waals surface area contributed by atoms with E-state index >= 15 is 0 Å². The van der Waals surface area contributed by atoms with Crippen molar-refractivity contribution in [2.75, 3.05) is 13.2 Å². The number of nitrogens with zero attached hydrogens (tertiary/aromatic N) is 3. The van der Waals surface area contributed by atoms with Crippen LogP contribution in [0.3, 0.4) is 0 Å². The first kappa shape index (κ1) is 20.6. The smallest absolute Gasteiger partial charge is 0.252 e. The fourth-order valence-electron chi connectivity index (χ4n) is 4.19. The van der Waals surface area contributed by atoms with E-state index in [2.05, 4.69) is 51.3 Å². The van der Waals surface area contributed by atoms with E-state index in [1.807, 2.05) is 20.8 Å². The lowest BCUT2D eigenvalue weighted by Gasteiger charge is -2.39. The van der Waals surface area contributed by atoms with Crippen LogP contribution >= 0.6 is 22.6 Å². The molecule has 0 spiro atoms. The van der Waals surface area contributed by atoms with Crippen LogP contribution in [-0.4, -0.2) is 33.5 Å². The molecule has 1 fully saturated rings. The van der Waals surface area contributed by atoms with Gasteiger partial charge in [0.15, 0.2) is 0 Å². The number of ether oxygens (including phenoxy) is 1. The largest absolute Gasteiger partial charge is 0.379 e. The third-order valence-corrected chi connectivity index (χ3v) is 7.02. The van der Waals surface area contributed by atoms with E-state index in [0.717, 1.165) is 36.8 Å². The molecule has 3 heterocycles. The summed E-state index contributed by atoms with van der Waals surface area (Å²) in [6.45, 7) is 9.15. The van der Waals surface area contributed by atoms with Crippen LogP contribution in [0, 0.1) is 14.8 Å². The normalized spacial score (nSPS) is 16.1. The summed E-state index contributed by atoms with van der Waals surface area (Å²) >= 11 is 2.39. The van der Waals surface area contributed by atoms with Gasteiger partial charge in [0.1, 0.15) is 5.82 Å². The fourth-order valence-corrected chi connectivity index (χ4v) is 5.51. The average Bonchev–Trinajstić information content (AvgIpc) is 3.23. The molecule has 0 radical (unpaired) electrons. The van der Waals surface area contributed by atoms with Crippen LogP contribution in [0.25, 0.3) is 27.5 Å². The topological polar surface area (TPSA) is 49.1 Å². The molecule has 0 saturated carbocycles. The van der Waals surface area contributed by atoms with E-state index in [-0.39, 0.29) is 17.1 Å². The Hall–Kier alpha value is -2.26. The number of carbonyl (C=O) groups is 1. The Balaban J connectivity index is 1.83. The number of carbonyl (C=O) groups excluding carboxylic acids is 1.